The summed E-state index contributed by atoms with van der Waals surface area (Å²) in [6, 6.07) is 16.3. The molecule has 0 aliphatic heterocycles. The minimum Gasteiger partial charge on any atom is -0.494 e. The molecule has 0 saturated carbocycles. The van der Waals surface area contributed by atoms with E-state index in [4.69, 9.17) is 10.5 Å². The SMILES string of the molecule is CCOc1ccccc1C(C)(N)c1ccc(C)cc1. The first-order valence-electron chi connectivity index (χ1n) is 6.64. The first kappa shape index (κ1) is 13.6. The molecular weight excluding hydrogens is 234 g/mol. The molecule has 1 unspecified atom stereocenters. The van der Waals surface area contributed by atoms with Crippen molar-refractivity contribution >= 4 is 0 Å². The monoisotopic (exact) mass is 255 g/mol. The summed E-state index contributed by atoms with van der Waals surface area (Å²) >= 11 is 0. The van der Waals surface area contributed by atoms with Crippen LogP contribution in [0.5, 0.6) is 5.75 Å². The third-order valence-electron chi connectivity index (χ3n) is 3.40. The van der Waals surface area contributed by atoms with Gasteiger partial charge in [0, 0.05) is 5.56 Å². The van der Waals surface area contributed by atoms with Crippen molar-refractivity contribution in [2.75, 3.05) is 6.61 Å². The van der Waals surface area contributed by atoms with Crippen LogP contribution in [0, 0.1) is 6.92 Å². The molecule has 2 heteroatoms. The average Bonchev–Trinajstić information content (AvgIpc) is 2.40. The van der Waals surface area contributed by atoms with Gasteiger partial charge in [0.1, 0.15) is 5.75 Å². The van der Waals surface area contributed by atoms with Gasteiger partial charge in [-0.25, -0.2) is 0 Å². The highest BCUT2D eigenvalue weighted by atomic mass is 16.5. The third kappa shape index (κ3) is 2.79. The molecule has 2 aromatic rings. The Morgan fingerprint density at radius 1 is 1.05 bits per heavy atom. The topological polar surface area (TPSA) is 35.2 Å². The van der Waals surface area contributed by atoms with E-state index in [1.54, 1.807) is 0 Å². The molecule has 2 N–H and O–H groups in total. The molecule has 2 aromatic carbocycles. The number of ether oxygens (including phenoxy) is 1. The molecule has 0 aliphatic rings. The Hall–Kier alpha value is -1.80. The van der Waals surface area contributed by atoms with Crippen LogP contribution in [-0.4, -0.2) is 6.61 Å². The smallest absolute Gasteiger partial charge is 0.124 e. The quantitative estimate of drug-likeness (QED) is 0.905. The lowest BCUT2D eigenvalue weighted by Crippen LogP contribution is -2.34. The van der Waals surface area contributed by atoms with E-state index in [0.29, 0.717) is 6.61 Å². The average molecular weight is 255 g/mol. The lowest BCUT2D eigenvalue weighted by molar-refractivity contribution is 0.330. The zero-order valence-corrected chi connectivity index (χ0v) is 11.8. The summed E-state index contributed by atoms with van der Waals surface area (Å²) in [7, 11) is 0. The molecule has 0 saturated heterocycles. The molecule has 0 heterocycles. The minimum absolute atomic E-state index is 0.556. The molecule has 0 fully saturated rings. The summed E-state index contributed by atoms with van der Waals surface area (Å²) < 4.78 is 5.69. The maximum Gasteiger partial charge on any atom is 0.124 e. The second kappa shape index (κ2) is 5.45. The molecule has 2 rings (SSSR count). The van der Waals surface area contributed by atoms with Crippen LogP contribution in [0.15, 0.2) is 48.5 Å². The summed E-state index contributed by atoms with van der Waals surface area (Å²) in [5, 5.41) is 0. The predicted molar refractivity (Wildman–Crippen MR) is 79.4 cm³/mol. The van der Waals surface area contributed by atoms with Gasteiger partial charge in [-0.15, -0.1) is 0 Å². The molecular formula is C17H21NO. The highest BCUT2D eigenvalue weighted by molar-refractivity contribution is 5.45. The van der Waals surface area contributed by atoms with Crippen LogP contribution in [0.4, 0.5) is 0 Å². The standard InChI is InChI=1S/C17H21NO/c1-4-19-16-8-6-5-7-15(16)17(3,18)14-11-9-13(2)10-12-14/h5-12H,4,18H2,1-3H3. The second-order valence-corrected chi connectivity index (χ2v) is 5.00. The molecule has 100 valence electrons. The van der Waals surface area contributed by atoms with Crippen molar-refractivity contribution in [2.24, 2.45) is 5.73 Å². The van der Waals surface area contributed by atoms with Crippen LogP contribution in [0.2, 0.25) is 0 Å². The molecule has 2 nitrogen and oxygen atoms in total. The maximum atomic E-state index is 6.56. The van der Waals surface area contributed by atoms with Crippen molar-refractivity contribution in [3.05, 3.63) is 65.2 Å². The Bertz CT molecular complexity index is 543. The summed E-state index contributed by atoms with van der Waals surface area (Å²) in [6.07, 6.45) is 0. The first-order valence-corrected chi connectivity index (χ1v) is 6.64. The van der Waals surface area contributed by atoms with Crippen LogP contribution in [-0.2, 0) is 5.54 Å². The van der Waals surface area contributed by atoms with E-state index in [0.717, 1.165) is 16.9 Å². The van der Waals surface area contributed by atoms with Gasteiger partial charge >= 0.3 is 0 Å². The van der Waals surface area contributed by atoms with Crippen LogP contribution in [0.25, 0.3) is 0 Å². The maximum absolute atomic E-state index is 6.56. The predicted octanol–water partition coefficient (Wildman–Crippen LogP) is 3.62. The summed E-state index contributed by atoms with van der Waals surface area (Å²) in [5.74, 6) is 0.857. The Kier molecular flexibility index (Phi) is 3.91. The van der Waals surface area contributed by atoms with Crippen LogP contribution in [0.1, 0.15) is 30.5 Å². The Morgan fingerprint density at radius 2 is 1.68 bits per heavy atom. The fourth-order valence-electron chi connectivity index (χ4n) is 2.23. The number of hydrogen-bond acceptors (Lipinski definition) is 2. The van der Waals surface area contributed by atoms with Crippen molar-refractivity contribution in [3.8, 4) is 5.75 Å². The van der Waals surface area contributed by atoms with Crippen molar-refractivity contribution in [2.45, 2.75) is 26.3 Å². The molecule has 0 amide bonds. The lowest BCUT2D eigenvalue weighted by atomic mass is 9.85. The normalized spacial score (nSPS) is 13.9. The van der Waals surface area contributed by atoms with Crippen molar-refractivity contribution in [3.63, 3.8) is 0 Å². The van der Waals surface area contributed by atoms with Gasteiger partial charge in [0.05, 0.1) is 12.1 Å². The molecule has 0 aromatic heterocycles. The van der Waals surface area contributed by atoms with E-state index < -0.39 is 5.54 Å². The van der Waals surface area contributed by atoms with Crippen molar-refractivity contribution < 1.29 is 4.74 Å². The zero-order chi connectivity index (χ0) is 13.9. The fourth-order valence-corrected chi connectivity index (χ4v) is 2.23. The van der Waals surface area contributed by atoms with Gasteiger partial charge in [0.15, 0.2) is 0 Å². The molecule has 0 spiro atoms. The van der Waals surface area contributed by atoms with E-state index in [2.05, 4.69) is 31.2 Å². The number of rotatable bonds is 4. The summed E-state index contributed by atoms with van der Waals surface area (Å²) in [6.45, 7) is 6.72. The van der Waals surface area contributed by atoms with Crippen LogP contribution < -0.4 is 10.5 Å². The van der Waals surface area contributed by atoms with Gasteiger partial charge in [-0.05, 0) is 32.4 Å². The second-order valence-electron chi connectivity index (χ2n) is 5.00. The van der Waals surface area contributed by atoms with Crippen molar-refractivity contribution in [1.29, 1.82) is 0 Å². The molecule has 0 aliphatic carbocycles. The van der Waals surface area contributed by atoms with E-state index in [9.17, 15) is 0 Å². The summed E-state index contributed by atoms with van der Waals surface area (Å²) in [4.78, 5) is 0. The van der Waals surface area contributed by atoms with Gasteiger partial charge in [-0.3, -0.25) is 0 Å². The number of nitrogens with two attached hydrogens (primary N) is 1. The fraction of sp³-hybridized carbons (Fsp3) is 0.294. The highest BCUT2D eigenvalue weighted by Crippen LogP contribution is 2.33. The van der Waals surface area contributed by atoms with E-state index in [1.807, 2.05) is 38.1 Å². The third-order valence-corrected chi connectivity index (χ3v) is 3.40. The number of aryl methyl sites for hydroxylation is 1. The van der Waals surface area contributed by atoms with Crippen molar-refractivity contribution in [1.82, 2.24) is 0 Å². The van der Waals surface area contributed by atoms with Gasteiger partial charge in [-0.1, -0.05) is 48.0 Å². The van der Waals surface area contributed by atoms with Crippen LogP contribution in [0.3, 0.4) is 0 Å². The lowest BCUT2D eigenvalue weighted by Gasteiger charge is -2.28. The Balaban J connectivity index is 2.46. The molecule has 0 radical (unpaired) electrons. The number of para-hydroxylation sites is 1. The molecule has 1 atom stereocenters. The number of hydrogen-bond donors (Lipinski definition) is 1. The van der Waals surface area contributed by atoms with E-state index in [-0.39, 0.29) is 0 Å². The minimum atomic E-state index is -0.556. The van der Waals surface area contributed by atoms with Gasteiger partial charge in [0.25, 0.3) is 0 Å². The molecule has 0 bridgehead atoms. The molecule has 19 heavy (non-hydrogen) atoms. The Morgan fingerprint density at radius 3 is 2.32 bits per heavy atom. The van der Waals surface area contributed by atoms with E-state index in [1.165, 1.54) is 5.56 Å². The largest absolute Gasteiger partial charge is 0.494 e. The zero-order valence-electron chi connectivity index (χ0n) is 11.8. The first-order chi connectivity index (χ1) is 9.05. The Labute approximate surface area is 115 Å². The van der Waals surface area contributed by atoms with Crippen LogP contribution >= 0.6 is 0 Å². The number of benzene rings is 2. The van der Waals surface area contributed by atoms with Gasteiger partial charge in [0.2, 0.25) is 0 Å². The van der Waals surface area contributed by atoms with Gasteiger partial charge < -0.3 is 10.5 Å². The van der Waals surface area contributed by atoms with Gasteiger partial charge in [-0.2, -0.15) is 0 Å². The van der Waals surface area contributed by atoms with E-state index >= 15 is 0 Å². The summed E-state index contributed by atoms with van der Waals surface area (Å²) in [5.41, 5.74) is 9.34. The highest BCUT2D eigenvalue weighted by Gasteiger charge is 2.26.